The second-order valence-corrected chi connectivity index (χ2v) is 5.25. The highest BCUT2D eigenvalue weighted by Gasteiger charge is 2.42. The molecule has 1 atom stereocenters. The molecule has 1 N–H and O–H groups in total. The van der Waals surface area contributed by atoms with Crippen molar-refractivity contribution in [1.29, 1.82) is 0 Å². The van der Waals surface area contributed by atoms with Gasteiger partial charge in [-0.15, -0.1) is 0 Å². The van der Waals surface area contributed by atoms with Crippen LogP contribution in [0.4, 0.5) is 0 Å². The number of pyridine rings is 1. The van der Waals surface area contributed by atoms with E-state index in [2.05, 4.69) is 10.3 Å². The topological polar surface area (TPSA) is 71.5 Å². The lowest BCUT2D eigenvalue weighted by atomic mass is 10.1. The van der Waals surface area contributed by atoms with Crippen LogP contribution in [0, 0.1) is 5.92 Å². The smallest absolute Gasteiger partial charge is 0.246 e. The van der Waals surface area contributed by atoms with Crippen LogP contribution in [-0.4, -0.2) is 41.4 Å². The number of hydrogen-bond acceptors (Lipinski definition) is 4. The third-order valence-electron chi connectivity index (χ3n) is 3.73. The predicted molar refractivity (Wildman–Crippen MR) is 70.9 cm³/mol. The van der Waals surface area contributed by atoms with E-state index >= 15 is 0 Å². The van der Waals surface area contributed by atoms with E-state index in [1.165, 1.54) is 0 Å². The molecule has 1 saturated heterocycles. The second-order valence-electron chi connectivity index (χ2n) is 5.25. The number of methoxy groups -OCH3 is 1. The third-order valence-corrected chi connectivity index (χ3v) is 3.73. The van der Waals surface area contributed by atoms with Crippen LogP contribution in [0.5, 0.6) is 5.88 Å². The summed E-state index contributed by atoms with van der Waals surface area (Å²) in [5, 5.41) is 2.80. The van der Waals surface area contributed by atoms with Gasteiger partial charge in [0.05, 0.1) is 20.2 Å². The van der Waals surface area contributed by atoms with Crippen molar-refractivity contribution < 1.29 is 14.3 Å². The molecule has 1 saturated carbocycles. The van der Waals surface area contributed by atoms with Crippen LogP contribution in [0.15, 0.2) is 18.3 Å². The van der Waals surface area contributed by atoms with Crippen molar-refractivity contribution >= 4 is 11.8 Å². The van der Waals surface area contributed by atoms with Crippen molar-refractivity contribution in [3.63, 3.8) is 0 Å². The van der Waals surface area contributed by atoms with Gasteiger partial charge in [0.25, 0.3) is 0 Å². The molecule has 0 aromatic carbocycles. The zero-order chi connectivity index (χ0) is 14.1. The molecule has 3 rings (SSSR count). The molecule has 2 fully saturated rings. The van der Waals surface area contributed by atoms with Crippen LogP contribution in [-0.2, 0) is 16.1 Å². The van der Waals surface area contributed by atoms with Crippen molar-refractivity contribution in [1.82, 2.24) is 15.2 Å². The fourth-order valence-corrected chi connectivity index (χ4v) is 2.55. The van der Waals surface area contributed by atoms with E-state index in [-0.39, 0.29) is 24.4 Å². The maximum atomic E-state index is 12.4. The van der Waals surface area contributed by atoms with Gasteiger partial charge in [-0.2, -0.15) is 0 Å². The second kappa shape index (κ2) is 5.11. The predicted octanol–water partition coefficient (Wildman–Crippen LogP) is 0.327. The Hall–Kier alpha value is -2.11. The number of ether oxygens (including phenoxy) is 1. The summed E-state index contributed by atoms with van der Waals surface area (Å²) >= 11 is 0. The van der Waals surface area contributed by atoms with Gasteiger partial charge in [0.15, 0.2) is 0 Å². The van der Waals surface area contributed by atoms with E-state index in [9.17, 15) is 9.59 Å². The van der Waals surface area contributed by atoms with E-state index in [1.54, 1.807) is 24.3 Å². The molecule has 2 aliphatic rings. The molecule has 1 aromatic heterocycles. The lowest BCUT2D eigenvalue weighted by Gasteiger charge is -2.32. The van der Waals surface area contributed by atoms with Gasteiger partial charge in [-0.25, -0.2) is 4.98 Å². The number of hydrogen-bond donors (Lipinski definition) is 1. The van der Waals surface area contributed by atoms with Crippen LogP contribution in [0.3, 0.4) is 0 Å². The zero-order valence-corrected chi connectivity index (χ0v) is 11.3. The molecule has 20 heavy (non-hydrogen) atoms. The van der Waals surface area contributed by atoms with Gasteiger partial charge in [-0.1, -0.05) is 6.07 Å². The van der Waals surface area contributed by atoms with E-state index in [1.807, 2.05) is 6.07 Å². The molecule has 1 unspecified atom stereocenters. The summed E-state index contributed by atoms with van der Waals surface area (Å²) in [6, 6.07) is 3.31. The Kier molecular flexibility index (Phi) is 3.30. The maximum Gasteiger partial charge on any atom is 0.246 e. The minimum Gasteiger partial charge on any atom is -0.481 e. The van der Waals surface area contributed by atoms with Gasteiger partial charge in [-0.3, -0.25) is 9.59 Å². The minimum atomic E-state index is -0.348. The number of nitrogens with one attached hydrogen (secondary N) is 1. The molecule has 6 nitrogen and oxygen atoms in total. The van der Waals surface area contributed by atoms with Gasteiger partial charge >= 0.3 is 0 Å². The van der Waals surface area contributed by atoms with Gasteiger partial charge in [-0.05, 0) is 24.8 Å². The Morgan fingerprint density at radius 1 is 1.45 bits per heavy atom. The Bertz CT molecular complexity index is 542. The fourth-order valence-electron chi connectivity index (χ4n) is 2.55. The van der Waals surface area contributed by atoms with Crippen LogP contribution >= 0.6 is 0 Å². The Morgan fingerprint density at radius 2 is 2.25 bits per heavy atom. The lowest BCUT2D eigenvalue weighted by Crippen LogP contribution is -2.58. The quantitative estimate of drug-likeness (QED) is 0.859. The van der Waals surface area contributed by atoms with Gasteiger partial charge in [0, 0.05) is 11.8 Å². The summed E-state index contributed by atoms with van der Waals surface area (Å²) in [7, 11) is 1.55. The number of aromatic nitrogens is 1. The first-order valence-corrected chi connectivity index (χ1v) is 6.75. The van der Waals surface area contributed by atoms with E-state index < -0.39 is 0 Å². The SMILES string of the molecule is COc1ncccc1CN1CC(=O)NC(C2CC2)C1=O. The summed E-state index contributed by atoms with van der Waals surface area (Å²) < 4.78 is 5.19. The van der Waals surface area contributed by atoms with Gasteiger partial charge in [0.2, 0.25) is 17.7 Å². The van der Waals surface area contributed by atoms with E-state index in [0.29, 0.717) is 18.3 Å². The number of rotatable bonds is 4. The normalized spacial score (nSPS) is 22.6. The van der Waals surface area contributed by atoms with Crippen LogP contribution < -0.4 is 10.1 Å². The summed E-state index contributed by atoms with van der Waals surface area (Å²) in [5.74, 6) is 0.710. The fraction of sp³-hybridized carbons (Fsp3) is 0.500. The van der Waals surface area contributed by atoms with E-state index in [0.717, 1.165) is 18.4 Å². The molecular formula is C14H17N3O3. The summed E-state index contributed by atoms with van der Waals surface area (Å²) in [6.45, 7) is 0.451. The minimum absolute atomic E-state index is 0.00185. The molecule has 1 aliphatic carbocycles. The molecule has 0 radical (unpaired) electrons. The molecule has 0 spiro atoms. The largest absolute Gasteiger partial charge is 0.481 e. The average Bonchev–Trinajstić information content (AvgIpc) is 3.27. The molecule has 1 aromatic rings. The number of carbonyl (C=O) groups is 2. The highest BCUT2D eigenvalue weighted by Crippen LogP contribution is 2.34. The lowest BCUT2D eigenvalue weighted by molar-refractivity contribution is -0.145. The Morgan fingerprint density at radius 3 is 2.95 bits per heavy atom. The Labute approximate surface area is 117 Å². The number of piperazine rings is 1. The van der Waals surface area contributed by atoms with Crippen LogP contribution in [0.1, 0.15) is 18.4 Å². The van der Waals surface area contributed by atoms with Crippen molar-refractivity contribution in [3.05, 3.63) is 23.9 Å². The molecule has 1 aliphatic heterocycles. The molecule has 106 valence electrons. The molecule has 2 heterocycles. The molecule has 0 bridgehead atoms. The first kappa shape index (κ1) is 12.9. The standard InChI is InChI=1S/C14H17N3O3/c1-20-13-10(3-2-6-15-13)7-17-8-11(18)16-12(14(17)19)9-4-5-9/h2-3,6,9,12H,4-5,7-8H2,1H3,(H,16,18). The number of nitrogens with zero attached hydrogens (tertiary/aromatic N) is 2. The first-order chi connectivity index (χ1) is 9.69. The highest BCUT2D eigenvalue weighted by atomic mass is 16.5. The maximum absolute atomic E-state index is 12.4. The first-order valence-electron chi connectivity index (χ1n) is 6.75. The van der Waals surface area contributed by atoms with Gasteiger partial charge < -0.3 is 15.0 Å². The van der Waals surface area contributed by atoms with E-state index in [4.69, 9.17) is 4.74 Å². The summed E-state index contributed by atoms with van der Waals surface area (Å²) in [5.41, 5.74) is 0.813. The summed E-state index contributed by atoms with van der Waals surface area (Å²) in [6.07, 6.45) is 3.67. The molecule has 2 amide bonds. The van der Waals surface area contributed by atoms with Crippen molar-refractivity contribution in [2.45, 2.75) is 25.4 Å². The highest BCUT2D eigenvalue weighted by molar-refractivity contribution is 5.95. The van der Waals surface area contributed by atoms with Crippen LogP contribution in [0.25, 0.3) is 0 Å². The van der Waals surface area contributed by atoms with Crippen molar-refractivity contribution in [2.24, 2.45) is 5.92 Å². The monoisotopic (exact) mass is 275 g/mol. The van der Waals surface area contributed by atoms with Crippen molar-refractivity contribution in [3.8, 4) is 5.88 Å². The van der Waals surface area contributed by atoms with Crippen LogP contribution in [0.2, 0.25) is 0 Å². The third kappa shape index (κ3) is 2.45. The molecular weight excluding hydrogens is 258 g/mol. The summed E-state index contributed by atoms with van der Waals surface area (Å²) in [4.78, 5) is 29.9. The number of carbonyl (C=O) groups excluding carboxylic acids is 2. The average molecular weight is 275 g/mol. The number of amides is 2. The van der Waals surface area contributed by atoms with Gasteiger partial charge in [0.1, 0.15) is 6.04 Å². The zero-order valence-electron chi connectivity index (χ0n) is 11.3. The Balaban J connectivity index is 1.78. The van der Waals surface area contributed by atoms with Crippen molar-refractivity contribution in [2.75, 3.05) is 13.7 Å². The molecule has 6 heteroatoms.